The van der Waals surface area contributed by atoms with Gasteiger partial charge in [-0.05, 0) is 18.3 Å². The van der Waals surface area contributed by atoms with Crippen LogP contribution >= 0.6 is 0 Å². The van der Waals surface area contributed by atoms with Crippen LogP contribution < -0.4 is 16.0 Å². The Balaban J connectivity index is 2.41. The maximum Gasteiger partial charge on any atom is 0.353 e. The molecule has 2 rings (SSSR count). The minimum absolute atomic E-state index is 0.0311. The standard InChI is InChI=1S/C13H20N6O4/c1-7-3-8(2)6-18(5-7)12-10(19(22)23)11(14)16-13(17-12)15-4-9(20)21/h7-8H,3-6H2,1-2H3,(H,20,21)(H3,14,15,16,17)/t7-,8+. The normalized spacial score (nSPS) is 21.0. The fourth-order valence-electron chi connectivity index (χ4n) is 2.93. The van der Waals surface area contributed by atoms with Crippen molar-refractivity contribution in [2.75, 3.05) is 35.6 Å². The fraction of sp³-hybridized carbons (Fsp3) is 0.615. The number of nitrogens with one attached hydrogen (secondary N) is 1. The molecule has 23 heavy (non-hydrogen) atoms. The molecule has 1 aromatic rings. The Morgan fingerprint density at radius 3 is 2.57 bits per heavy atom. The molecule has 2 atom stereocenters. The van der Waals surface area contributed by atoms with E-state index in [0.717, 1.165) is 6.42 Å². The van der Waals surface area contributed by atoms with Crippen molar-refractivity contribution >= 4 is 29.2 Å². The van der Waals surface area contributed by atoms with Crippen molar-refractivity contribution in [2.45, 2.75) is 20.3 Å². The zero-order valence-corrected chi connectivity index (χ0v) is 13.0. The lowest BCUT2D eigenvalue weighted by Crippen LogP contribution is -2.39. The molecule has 2 heterocycles. The van der Waals surface area contributed by atoms with Gasteiger partial charge in [0.1, 0.15) is 6.54 Å². The molecule has 0 aliphatic carbocycles. The first-order chi connectivity index (χ1) is 10.8. The van der Waals surface area contributed by atoms with Gasteiger partial charge in [-0.15, -0.1) is 0 Å². The van der Waals surface area contributed by atoms with E-state index in [2.05, 4.69) is 29.1 Å². The van der Waals surface area contributed by atoms with E-state index in [1.54, 1.807) is 0 Å². The third kappa shape index (κ3) is 3.96. The topological polar surface area (TPSA) is 148 Å². The summed E-state index contributed by atoms with van der Waals surface area (Å²) in [6, 6.07) is 0. The Morgan fingerprint density at radius 2 is 2.04 bits per heavy atom. The summed E-state index contributed by atoms with van der Waals surface area (Å²) in [6.07, 6.45) is 1.04. The molecule has 1 aliphatic rings. The number of aliphatic carboxylic acids is 1. The fourth-order valence-corrected chi connectivity index (χ4v) is 2.93. The van der Waals surface area contributed by atoms with Gasteiger partial charge < -0.3 is 21.1 Å². The Labute approximate surface area is 132 Å². The van der Waals surface area contributed by atoms with Crippen LogP contribution in [0.3, 0.4) is 0 Å². The number of carboxylic acids is 1. The molecular weight excluding hydrogens is 304 g/mol. The van der Waals surface area contributed by atoms with Crippen molar-refractivity contribution in [3.63, 3.8) is 0 Å². The second kappa shape index (κ2) is 6.63. The molecule has 1 aliphatic heterocycles. The Kier molecular flexibility index (Phi) is 4.82. The number of hydrogen-bond donors (Lipinski definition) is 3. The molecule has 0 bridgehead atoms. The number of piperidine rings is 1. The minimum atomic E-state index is -1.09. The van der Waals surface area contributed by atoms with E-state index >= 15 is 0 Å². The highest BCUT2D eigenvalue weighted by Crippen LogP contribution is 2.35. The van der Waals surface area contributed by atoms with Gasteiger partial charge in [-0.1, -0.05) is 13.8 Å². The molecule has 1 saturated heterocycles. The lowest BCUT2D eigenvalue weighted by atomic mass is 9.92. The van der Waals surface area contributed by atoms with E-state index in [1.807, 2.05) is 4.90 Å². The summed E-state index contributed by atoms with van der Waals surface area (Å²) in [7, 11) is 0. The summed E-state index contributed by atoms with van der Waals surface area (Å²) in [6.45, 7) is 4.99. The third-order valence-corrected chi connectivity index (χ3v) is 3.64. The lowest BCUT2D eigenvalue weighted by Gasteiger charge is -2.35. The summed E-state index contributed by atoms with van der Waals surface area (Å²) < 4.78 is 0. The van der Waals surface area contributed by atoms with Crippen molar-refractivity contribution in [3.8, 4) is 0 Å². The minimum Gasteiger partial charge on any atom is -0.480 e. The van der Waals surface area contributed by atoms with Gasteiger partial charge in [-0.2, -0.15) is 9.97 Å². The van der Waals surface area contributed by atoms with Crippen LogP contribution in [0, 0.1) is 22.0 Å². The average Bonchev–Trinajstić information content (AvgIpc) is 2.42. The van der Waals surface area contributed by atoms with Crippen molar-refractivity contribution in [3.05, 3.63) is 10.1 Å². The lowest BCUT2D eigenvalue weighted by molar-refractivity contribution is -0.383. The Morgan fingerprint density at radius 1 is 1.43 bits per heavy atom. The molecule has 0 saturated carbocycles. The van der Waals surface area contributed by atoms with Crippen LogP contribution in [0.2, 0.25) is 0 Å². The van der Waals surface area contributed by atoms with E-state index < -0.39 is 17.4 Å². The summed E-state index contributed by atoms with van der Waals surface area (Å²) in [5.74, 6) is -0.536. The highest BCUT2D eigenvalue weighted by atomic mass is 16.6. The predicted molar refractivity (Wildman–Crippen MR) is 84.4 cm³/mol. The van der Waals surface area contributed by atoms with Gasteiger partial charge >= 0.3 is 11.7 Å². The highest BCUT2D eigenvalue weighted by molar-refractivity contribution is 5.74. The summed E-state index contributed by atoms with van der Waals surface area (Å²) >= 11 is 0. The molecule has 4 N–H and O–H groups in total. The maximum absolute atomic E-state index is 11.3. The number of hydrogen-bond acceptors (Lipinski definition) is 8. The number of nitrogens with two attached hydrogens (primary N) is 1. The molecule has 10 nitrogen and oxygen atoms in total. The second-order valence-electron chi connectivity index (χ2n) is 5.96. The van der Waals surface area contributed by atoms with E-state index in [4.69, 9.17) is 10.8 Å². The summed E-state index contributed by atoms with van der Waals surface area (Å²) in [5.41, 5.74) is 5.36. The molecule has 10 heteroatoms. The summed E-state index contributed by atoms with van der Waals surface area (Å²) in [5, 5.41) is 22.5. The number of nitrogen functional groups attached to an aromatic ring is 1. The van der Waals surface area contributed by atoms with Crippen molar-refractivity contribution in [1.82, 2.24) is 9.97 Å². The average molecular weight is 324 g/mol. The number of aromatic nitrogens is 2. The van der Waals surface area contributed by atoms with Crippen LogP contribution in [0.15, 0.2) is 0 Å². The Bertz CT molecular complexity index is 613. The van der Waals surface area contributed by atoms with Crippen LogP contribution in [-0.4, -0.2) is 45.6 Å². The van der Waals surface area contributed by atoms with Crippen molar-refractivity contribution < 1.29 is 14.8 Å². The molecule has 126 valence electrons. The number of anilines is 3. The maximum atomic E-state index is 11.3. The smallest absolute Gasteiger partial charge is 0.353 e. The van der Waals surface area contributed by atoms with Crippen molar-refractivity contribution in [2.24, 2.45) is 11.8 Å². The number of nitro groups is 1. The first-order valence-corrected chi connectivity index (χ1v) is 7.30. The number of nitrogens with zero attached hydrogens (tertiary/aromatic N) is 4. The number of carboxylic acid groups (broad SMARTS) is 1. The van der Waals surface area contributed by atoms with Gasteiger partial charge in [0.15, 0.2) is 0 Å². The first-order valence-electron chi connectivity index (χ1n) is 7.30. The van der Waals surface area contributed by atoms with Gasteiger partial charge in [0.25, 0.3) is 0 Å². The molecule has 0 spiro atoms. The van der Waals surface area contributed by atoms with Gasteiger partial charge in [0.2, 0.25) is 17.6 Å². The van der Waals surface area contributed by atoms with E-state index in [-0.39, 0.29) is 23.3 Å². The molecule has 0 unspecified atom stereocenters. The van der Waals surface area contributed by atoms with Crippen LogP contribution in [0.25, 0.3) is 0 Å². The first kappa shape index (κ1) is 16.7. The third-order valence-electron chi connectivity index (χ3n) is 3.64. The van der Waals surface area contributed by atoms with Crippen LogP contribution in [0.1, 0.15) is 20.3 Å². The Hall–Kier alpha value is -2.65. The van der Waals surface area contributed by atoms with Gasteiger partial charge in [0.05, 0.1) is 4.92 Å². The quantitative estimate of drug-likeness (QED) is 0.531. The van der Waals surface area contributed by atoms with Gasteiger partial charge in [-0.25, -0.2) is 0 Å². The highest BCUT2D eigenvalue weighted by Gasteiger charge is 2.31. The molecule has 1 aromatic heterocycles. The molecule has 0 aromatic carbocycles. The molecular formula is C13H20N6O4. The SMILES string of the molecule is C[C@@H]1C[C@H](C)CN(c2nc(NCC(=O)O)nc(N)c2[N+](=O)[O-])C1. The zero-order chi connectivity index (χ0) is 17.1. The second-order valence-corrected chi connectivity index (χ2v) is 5.96. The van der Waals surface area contributed by atoms with Crippen molar-refractivity contribution in [1.29, 1.82) is 0 Å². The molecule has 1 fully saturated rings. The van der Waals surface area contributed by atoms with Crippen LogP contribution in [0.4, 0.5) is 23.3 Å². The van der Waals surface area contributed by atoms with Gasteiger partial charge in [-0.3, -0.25) is 14.9 Å². The van der Waals surface area contributed by atoms with Crippen LogP contribution in [0.5, 0.6) is 0 Å². The predicted octanol–water partition coefficient (Wildman–Crippen LogP) is 0.946. The summed E-state index contributed by atoms with van der Waals surface area (Å²) in [4.78, 5) is 31.1. The van der Waals surface area contributed by atoms with E-state index in [0.29, 0.717) is 24.9 Å². The van der Waals surface area contributed by atoms with E-state index in [9.17, 15) is 14.9 Å². The number of rotatable bonds is 5. The molecule has 0 amide bonds. The van der Waals surface area contributed by atoms with E-state index in [1.165, 1.54) is 0 Å². The molecule has 0 radical (unpaired) electrons. The number of carbonyl (C=O) groups is 1. The monoisotopic (exact) mass is 324 g/mol. The van der Waals surface area contributed by atoms with Crippen LogP contribution in [-0.2, 0) is 4.79 Å². The van der Waals surface area contributed by atoms with Gasteiger partial charge in [0, 0.05) is 13.1 Å². The zero-order valence-electron chi connectivity index (χ0n) is 13.0. The largest absolute Gasteiger partial charge is 0.480 e.